The fourth-order valence-corrected chi connectivity index (χ4v) is 6.86. The number of hydrogen-bond acceptors (Lipinski definition) is 11. The van der Waals surface area contributed by atoms with E-state index in [1.54, 1.807) is 6.07 Å². The zero-order valence-electron chi connectivity index (χ0n) is 20.7. The Morgan fingerprint density at radius 1 is 1.18 bits per heavy atom. The number of carbonyl (C=O) groups excluding carboxylic acids is 4. The summed E-state index contributed by atoms with van der Waals surface area (Å²) in [6.45, 7) is 1.95. The number of esters is 1. The van der Waals surface area contributed by atoms with Gasteiger partial charge >= 0.3 is 11.9 Å². The lowest BCUT2D eigenvalue weighted by atomic mass is 9.56. The molecule has 0 spiro atoms. The number of nitrogens with two attached hydrogens (primary N) is 1. The van der Waals surface area contributed by atoms with E-state index in [0.717, 1.165) is 6.42 Å². The van der Waals surface area contributed by atoms with Crippen LogP contribution < -0.4 is 5.73 Å². The topological polar surface area (TPSA) is 222 Å². The summed E-state index contributed by atoms with van der Waals surface area (Å²) in [5.74, 6) is -11.5. The number of hydrogen-bond donors (Lipinski definition) is 6. The number of primary amides is 1. The monoisotopic (exact) mass is 561 g/mol. The number of carboxylic acid groups (broad SMARTS) is 1. The minimum Gasteiger partial charge on any atom is -0.511 e. The molecule has 7 N–H and O–H groups in total. The smallest absolute Gasteiger partial charge is 0.317 e. The van der Waals surface area contributed by atoms with Crippen LogP contribution >= 0.6 is 11.8 Å². The Morgan fingerprint density at radius 3 is 2.49 bits per heavy atom. The van der Waals surface area contributed by atoms with Crippen LogP contribution in [0.4, 0.5) is 0 Å². The van der Waals surface area contributed by atoms with Crippen molar-refractivity contribution in [3.8, 4) is 5.75 Å². The summed E-state index contributed by atoms with van der Waals surface area (Å²) in [7, 11) is 0. The Balaban J connectivity index is 2.00. The average Bonchev–Trinajstić information content (AvgIpc) is 2.84. The van der Waals surface area contributed by atoms with E-state index in [2.05, 4.69) is 0 Å². The number of aliphatic carboxylic acids is 1. The quantitative estimate of drug-likeness (QED) is 0.114. The van der Waals surface area contributed by atoms with Gasteiger partial charge in [-0.3, -0.25) is 24.0 Å². The van der Waals surface area contributed by atoms with Crippen molar-refractivity contribution in [3.05, 3.63) is 52.0 Å². The number of Topliss-reactive ketones (excluding diaryl/α,β-unsaturated/α-hetero) is 2. The summed E-state index contributed by atoms with van der Waals surface area (Å²) in [6, 6.07) is 4.35. The zero-order valence-corrected chi connectivity index (χ0v) is 21.6. The van der Waals surface area contributed by atoms with Crippen molar-refractivity contribution in [2.45, 2.75) is 43.8 Å². The van der Waals surface area contributed by atoms with Gasteiger partial charge in [0.05, 0.1) is 5.56 Å². The first-order valence-corrected chi connectivity index (χ1v) is 13.3. The van der Waals surface area contributed by atoms with Crippen LogP contribution in [0.25, 0.3) is 0 Å². The molecule has 0 heterocycles. The van der Waals surface area contributed by atoms with Crippen molar-refractivity contribution in [3.63, 3.8) is 0 Å². The van der Waals surface area contributed by atoms with Crippen LogP contribution in [0.3, 0.4) is 0 Å². The largest absolute Gasteiger partial charge is 0.511 e. The minimum absolute atomic E-state index is 0.174. The number of phenolic OH excluding ortho intramolecular Hbond substituents is 1. The highest BCUT2D eigenvalue weighted by Gasteiger charge is 2.65. The maximum Gasteiger partial charge on any atom is 0.317 e. The molecule has 0 bridgehead atoms. The molecule has 1 amide bonds. The predicted octanol–water partition coefficient (Wildman–Crippen LogP) is 1.26. The molecule has 1 aromatic carbocycles. The van der Waals surface area contributed by atoms with Gasteiger partial charge in [-0.1, -0.05) is 19.1 Å². The number of fused-ring (bicyclic) bond motifs is 3. The summed E-state index contributed by atoms with van der Waals surface area (Å²) in [6.07, 6.45) is -2.54. The van der Waals surface area contributed by atoms with Crippen molar-refractivity contribution in [1.29, 1.82) is 0 Å². The van der Waals surface area contributed by atoms with E-state index in [0.29, 0.717) is 17.1 Å². The number of ketones is 2. The third-order valence-corrected chi connectivity index (χ3v) is 8.64. The molecular formula is C26H27NO11S. The number of carbonyl (C=O) groups is 5. The number of carboxylic acids is 1. The molecule has 0 fully saturated rings. The summed E-state index contributed by atoms with van der Waals surface area (Å²) >= 11 is 1.47. The predicted molar refractivity (Wildman–Crippen MR) is 135 cm³/mol. The van der Waals surface area contributed by atoms with E-state index in [9.17, 15) is 44.4 Å². The van der Waals surface area contributed by atoms with Crippen molar-refractivity contribution in [2.24, 2.45) is 17.6 Å². The first-order valence-electron chi connectivity index (χ1n) is 12.1. The first-order chi connectivity index (χ1) is 18.4. The second-order valence-electron chi connectivity index (χ2n) is 9.66. The van der Waals surface area contributed by atoms with Crippen LogP contribution in [0.1, 0.15) is 48.0 Å². The molecule has 4 rings (SSSR count). The van der Waals surface area contributed by atoms with Crippen LogP contribution in [0.15, 0.2) is 40.9 Å². The number of aromatic hydroxyl groups is 1. The van der Waals surface area contributed by atoms with Gasteiger partial charge in [-0.05, 0) is 23.8 Å². The third-order valence-electron chi connectivity index (χ3n) is 7.35. The number of amides is 1. The number of allylic oxidation sites excluding steroid dienone is 1. The molecule has 0 aliphatic heterocycles. The highest BCUT2D eigenvalue weighted by atomic mass is 32.2. The molecule has 3 aliphatic carbocycles. The van der Waals surface area contributed by atoms with Crippen LogP contribution in [0, 0.1) is 11.8 Å². The standard InChI is InChI=1S/C26H27NO11S/c1-2-6-39-9-11-10-4-3-5-13(28)17(10)21(33)20-18(11)22(38-16(32)8-15(30)31)12-7-14(29)19(25(27)36)23(34)26(12,37)24(20)35/h3-5,11-12,18,22,28-29,35,37H,2,6-9H2,1H3,(H2,27,36)(H,30,31)/t11-,12+,18+,22+,26+/m0/s1. The second kappa shape index (κ2) is 10.4. The number of aliphatic hydroxyl groups excluding tert-OH is 2. The van der Waals surface area contributed by atoms with Gasteiger partial charge in [-0.15, -0.1) is 0 Å². The maximum absolute atomic E-state index is 13.8. The van der Waals surface area contributed by atoms with E-state index in [4.69, 9.17) is 15.6 Å². The molecule has 12 nitrogen and oxygen atoms in total. The fraction of sp³-hybridized carbons (Fsp3) is 0.423. The Morgan fingerprint density at radius 2 is 1.87 bits per heavy atom. The van der Waals surface area contributed by atoms with E-state index in [-0.39, 0.29) is 5.56 Å². The summed E-state index contributed by atoms with van der Waals surface area (Å²) in [5, 5.41) is 53.3. The van der Waals surface area contributed by atoms with Gasteiger partial charge in [0.1, 0.15) is 35.4 Å². The van der Waals surface area contributed by atoms with E-state index < -0.39 is 100 Å². The van der Waals surface area contributed by atoms with Crippen LogP contribution in [-0.2, 0) is 23.9 Å². The lowest BCUT2D eigenvalue weighted by Crippen LogP contribution is -2.63. The van der Waals surface area contributed by atoms with Gasteiger partial charge in [-0.2, -0.15) is 11.8 Å². The number of rotatable bonds is 8. The average molecular weight is 562 g/mol. The molecule has 0 saturated carbocycles. The molecule has 208 valence electrons. The molecule has 0 saturated heterocycles. The normalized spacial score (nSPS) is 27.9. The molecule has 0 radical (unpaired) electrons. The van der Waals surface area contributed by atoms with E-state index in [1.807, 2.05) is 6.92 Å². The van der Waals surface area contributed by atoms with Gasteiger partial charge in [-0.25, -0.2) is 0 Å². The van der Waals surface area contributed by atoms with E-state index >= 15 is 0 Å². The van der Waals surface area contributed by atoms with Gasteiger partial charge in [0.15, 0.2) is 11.4 Å². The lowest BCUT2D eigenvalue weighted by molar-refractivity contribution is -0.176. The SMILES string of the molecule is CCCSC[C@H]1c2cccc(O)c2C(=O)C2=C(O)[C@]3(O)C(=O)C(C(N)=O)=C(O)C[C@@H]3[C@@H](OC(=O)CC(=O)O)[C@@H]21. The Bertz CT molecular complexity index is 1350. The zero-order chi connectivity index (χ0) is 28.8. The lowest BCUT2D eigenvalue weighted by Gasteiger charge is -2.51. The van der Waals surface area contributed by atoms with Gasteiger partial charge in [0.25, 0.3) is 5.91 Å². The van der Waals surface area contributed by atoms with Gasteiger partial charge < -0.3 is 36.0 Å². The Kier molecular flexibility index (Phi) is 7.50. The highest BCUT2D eigenvalue weighted by Crippen LogP contribution is 2.56. The first kappa shape index (κ1) is 28.2. The summed E-state index contributed by atoms with van der Waals surface area (Å²) < 4.78 is 5.53. The molecule has 3 aliphatic rings. The molecular weight excluding hydrogens is 534 g/mol. The summed E-state index contributed by atoms with van der Waals surface area (Å²) in [4.78, 5) is 62.9. The molecule has 13 heteroatoms. The van der Waals surface area contributed by atoms with Crippen molar-refractivity contribution < 1.29 is 54.2 Å². The van der Waals surface area contributed by atoms with Crippen LogP contribution in [0.2, 0.25) is 0 Å². The van der Waals surface area contributed by atoms with Crippen molar-refractivity contribution in [2.75, 3.05) is 11.5 Å². The van der Waals surface area contributed by atoms with Gasteiger partial charge in [0.2, 0.25) is 5.78 Å². The number of ether oxygens (including phenoxy) is 1. The molecule has 0 unspecified atom stereocenters. The summed E-state index contributed by atoms with van der Waals surface area (Å²) in [5.41, 5.74) is 0.908. The number of phenols is 1. The maximum atomic E-state index is 13.8. The molecule has 1 aromatic rings. The molecule has 39 heavy (non-hydrogen) atoms. The third kappa shape index (κ3) is 4.44. The van der Waals surface area contributed by atoms with Crippen LogP contribution in [0.5, 0.6) is 5.75 Å². The highest BCUT2D eigenvalue weighted by molar-refractivity contribution is 7.99. The number of thioether (sulfide) groups is 1. The molecule has 5 atom stereocenters. The number of aliphatic hydroxyl groups is 3. The minimum atomic E-state index is -3.02. The Labute approximate surface area is 226 Å². The van der Waals surface area contributed by atoms with Crippen LogP contribution in [-0.4, -0.2) is 78.2 Å². The van der Waals surface area contributed by atoms with Crippen molar-refractivity contribution in [1.82, 2.24) is 0 Å². The van der Waals surface area contributed by atoms with Crippen molar-refractivity contribution >= 4 is 41.2 Å². The van der Waals surface area contributed by atoms with E-state index in [1.165, 1.54) is 23.9 Å². The Hall–Kier alpha value is -3.84. The molecule has 0 aromatic heterocycles. The second-order valence-corrected chi connectivity index (χ2v) is 10.8. The van der Waals surface area contributed by atoms with Gasteiger partial charge in [0, 0.05) is 35.5 Å². The fourth-order valence-electron chi connectivity index (χ4n) is 5.77. The number of benzene rings is 1.